The van der Waals surface area contributed by atoms with Gasteiger partial charge in [-0.05, 0) is 24.1 Å². The number of rotatable bonds is 9. The highest BCUT2D eigenvalue weighted by molar-refractivity contribution is 5.27. The predicted molar refractivity (Wildman–Crippen MR) is 76.7 cm³/mol. The van der Waals surface area contributed by atoms with E-state index in [9.17, 15) is 5.11 Å². The van der Waals surface area contributed by atoms with Gasteiger partial charge in [0.2, 0.25) is 0 Å². The molecule has 0 saturated carbocycles. The first kappa shape index (κ1) is 5.02. The number of benzene rings is 1. The Balaban J connectivity index is 3.02. The van der Waals surface area contributed by atoms with Gasteiger partial charge in [-0.25, -0.2) is 0 Å². The average molecular weight is 281 g/mol. The minimum Gasteiger partial charge on any atom is -0.491 e. The van der Waals surface area contributed by atoms with E-state index < -0.39 is 52.0 Å². The van der Waals surface area contributed by atoms with Gasteiger partial charge in [0.1, 0.15) is 18.4 Å². The van der Waals surface area contributed by atoms with Gasteiger partial charge in [0.15, 0.2) is 0 Å². The van der Waals surface area contributed by atoms with Crippen LogP contribution in [0.25, 0.3) is 0 Å². The molecule has 2 atom stereocenters. The molecule has 0 fully saturated rings. The third-order valence-electron chi connectivity index (χ3n) is 1.91. The number of hydrogen-bond donors (Lipinski definition) is 2. The van der Waals surface area contributed by atoms with Gasteiger partial charge in [-0.15, -0.1) is 0 Å². The summed E-state index contributed by atoms with van der Waals surface area (Å²) in [6.07, 6.45) is -5.99. The second kappa shape index (κ2) is 8.91. The molecule has 1 rings (SSSR count). The summed E-state index contributed by atoms with van der Waals surface area (Å²) in [5, 5.41) is 12.3. The number of methoxy groups -OCH3 is 1. The van der Waals surface area contributed by atoms with Crippen molar-refractivity contribution in [3.8, 4) is 5.75 Å². The van der Waals surface area contributed by atoms with Gasteiger partial charge >= 0.3 is 0 Å². The predicted octanol–water partition coefficient (Wildman–Crippen LogP) is 1.61. The van der Waals surface area contributed by atoms with Crippen LogP contribution in [0.2, 0.25) is 0 Å². The Morgan fingerprint density at radius 2 is 2.26 bits per heavy atom. The van der Waals surface area contributed by atoms with E-state index in [4.69, 9.17) is 23.9 Å². The first-order valence-electron chi connectivity index (χ1n) is 12.3. The summed E-state index contributed by atoms with van der Waals surface area (Å²) < 4.78 is 114. The van der Waals surface area contributed by atoms with Crippen molar-refractivity contribution >= 4 is 0 Å². The van der Waals surface area contributed by atoms with Crippen LogP contribution in [-0.4, -0.2) is 43.9 Å². The van der Waals surface area contributed by atoms with Crippen LogP contribution in [0.15, 0.2) is 24.3 Å². The first-order valence-corrected chi connectivity index (χ1v) is 5.32. The molecule has 0 aromatic heterocycles. The third-order valence-corrected chi connectivity index (χ3v) is 1.91. The van der Waals surface area contributed by atoms with E-state index in [2.05, 4.69) is 10.1 Å². The summed E-state index contributed by atoms with van der Waals surface area (Å²) >= 11 is 0. The van der Waals surface area contributed by atoms with Crippen LogP contribution in [-0.2, 0) is 11.1 Å². The van der Waals surface area contributed by atoms with Gasteiger partial charge in [-0.3, -0.25) is 0 Å². The SMILES string of the molecule is [2H]C([2H])([2H])OC([2H])([2H])C([2H])([2H])c1ccc(OC([2H])([2H])C([2H])(O)CNC([2H])(C)C([2H])([2H])[2H])cc1. The van der Waals surface area contributed by atoms with Crippen molar-refractivity contribution in [2.24, 2.45) is 0 Å². The standard InChI is InChI=1S/C15H25NO3/c1-12(2)16-10-14(17)11-19-15-6-4-13(5-7-15)8-9-18-3/h4-7,12,14,16-17H,8-11H2,1-3H3/i1D3,3D3,8D2,9D2,11D2,12D,14D. The van der Waals surface area contributed by atoms with Crippen LogP contribution in [0.3, 0.4) is 0 Å². The fraction of sp³-hybridized carbons (Fsp3) is 0.600. The molecule has 4 heteroatoms. The van der Waals surface area contributed by atoms with Crippen molar-refractivity contribution < 1.29 is 33.8 Å². The summed E-state index contributed by atoms with van der Waals surface area (Å²) in [6, 6.07) is 1.65. The van der Waals surface area contributed by atoms with E-state index in [-0.39, 0.29) is 11.3 Å². The van der Waals surface area contributed by atoms with E-state index in [1.165, 1.54) is 0 Å². The molecule has 0 bridgehead atoms. The first-order chi connectivity index (χ1) is 14.3. The molecule has 1 aromatic rings. The number of aliphatic hydroxyl groups is 1. The smallest absolute Gasteiger partial charge is 0.119 e. The minimum atomic E-state index is -3.26. The van der Waals surface area contributed by atoms with E-state index in [0.29, 0.717) is 0 Å². The molecule has 0 heterocycles. The molecule has 19 heavy (non-hydrogen) atoms. The van der Waals surface area contributed by atoms with Crippen molar-refractivity contribution in [2.45, 2.75) is 32.2 Å². The van der Waals surface area contributed by atoms with Crippen molar-refractivity contribution in [1.29, 1.82) is 0 Å². The van der Waals surface area contributed by atoms with Gasteiger partial charge in [0.05, 0.1) is 17.5 Å². The van der Waals surface area contributed by atoms with Crippen LogP contribution in [0.1, 0.15) is 38.5 Å². The minimum absolute atomic E-state index is 0.313. The van der Waals surface area contributed by atoms with Gasteiger partial charge in [-0.2, -0.15) is 0 Å². The highest BCUT2D eigenvalue weighted by atomic mass is 16.5. The molecule has 0 saturated heterocycles. The third kappa shape index (κ3) is 7.15. The molecule has 2 N–H and O–H groups in total. The lowest BCUT2D eigenvalue weighted by molar-refractivity contribution is 0.104. The molecule has 2 unspecified atom stereocenters. The monoisotopic (exact) mass is 281 g/mol. The van der Waals surface area contributed by atoms with Crippen molar-refractivity contribution in [2.75, 3.05) is 26.7 Å². The number of hydrogen-bond acceptors (Lipinski definition) is 4. The maximum Gasteiger partial charge on any atom is 0.119 e. The van der Waals surface area contributed by atoms with Crippen LogP contribution in [0.5, 0.6) is 5.75 Å². The average Bonchev–Trinajstić information content (AvgIpc) is 2.57. The van der Waals surface area contributed by atoms with Gasteiger partial charge in [0.25, 0.3) is 0 Å². The molecule has 0 radical (unpaired) electrons. The second-order valence-electron chi connectivity index (χ2n) is 3.48. The number of aryl methyl sites for hydroxylation is 1. The summed E-state index contributed by atoms with van der Waals surface area (Å²) in [4.78, 5) is 0. The quantitative estimate of drug-likeness (QED) is 0.722. The largest absolute Gasteiger partial charge is 0.491 e. The number of ether oxygens (including phenoxy) is 2. The van der Waals surface area contributed by atoms with Crippen molar-refractivity contribution in [1.82, 2.24) is 5.32 Å². The maximum absolute atomic E-state index is 10.2. The Labute approximate surface area is 135 Å². The van der Waals surface area contributed by atoms with Gasteiger partial charge in [-0.1, -0.05) is 25.9 Å². The number of nitrogens with one attached hydrogen (secondary N) is 1. The Hall–Kier alpha value is -1.10. The Bertz CT molecular complexity index is 802. The zero-order chi connectivity index (χ0) is 26.3. The molecule has 0 spiro atoms. The second-order valence-corrected chi connectivity index (χ2v) is 3.48. The van der Waals surface area contributed by atoms with E-state index in [0.717, 1.165) is 31.2 Å². The fourth-order valence-electron chi connectivity index (χ4n) is 1.06. The summed E-state index contributed by atoms with van der Waals surface area (Å²) in [6.45, 7) is -9.25. The Morgan fingerprint density at radius 1 is 1.47 bits per heavy atom. The van der Waals surface area contributed by atoms with E-state index in [1.807, 2.05) is 0 Å². The van der Waals surface area contributed by atoms with Crippen LogP contribution < -0.4 is 10.1 Å². The zero-order valence-electron chi connectivity index (χ0n) is 24.3. The van der Waals surface area contributed by atoms with Crippen molar-refractivity contribution in [3.63, 3.8) is 0 Å². The summed E-state index contributed by atoms with van der Waals surface area (Å²) in [5.74, 6) is -0.313. The highest BCUT2D eigenvalue weighted by Crippen LogP contribution is 2.12. The van der Waals surface area contributed by atoms with Crippen LogP contribution >= 0.6 is 0 Å². The van der Waals surface area contributed by atoms with E-state index in [1.54, 1.807) is 0 Å². The lowest BCUT2D eigenvalue weighted by Crippen LogP contribution is -2.35. The molecular formula is C15H25NO3. The topological polar surface area (TPSA) is 50.7 Å². The lowest BCUT2D eigenvalue weighted by atomic mass is 10.1. The van der Waals surface area contributed by atoms with Crippen LogP contribution in [0.4, 0.5) is 0 Å². The maximum atomic E-state index is 10.2. The Morgan fingerprint density at radius 3 is 2.95 bits per heavy atom. The molecule has 0 aliphatic carbocycles. The Kier molecular flexibility index (Phi) is 2.36. The summed E-state index contributed by atoms with van der Waals surface area (Å²) in [7, 11) is -3.21. The molecular weight excluding hydrogens is 242 g/mol. The molecule has 0 aliphatic heterocycles. The van der Waals surface area contributed by atoms with Crippen LogP contribution in [0, 0.1) is 0 Å². The lowest BCUT2D eigenvalue weighted by Gasteiger charge is -2.15. The normalized spacial score (nSPS) is 31.9. The molecule has 4 nitrogen and oxygen atoms in total. The highest BCUT2D eigenvalue weighted by Gasteiger charge is 2.05. The van der Waals surface area contributed by atoms with Gasteiger partial charge in [0, 0.05) is 27.8 Å². The van der Waals surface area contributed by atoms with Gasteiger partial charge < -0.3 is 19.9 Å². The summed E-state index contributed by atoms with van der Waals surface area (Å²) in [5.41, 5.74) is -0.366. The molecule has 1 aromatic carbocycles. The van der Waals surface area contributed by atoms with Crippen molar-refractivity contribution in [3.05, 3.63) is 29.8 Å². The molecule has 0 amide bonds. The zero-order valence-corrected chi connectivity index (χ0v) is 10.3. The molecule has 108 valence electrons. The van der Waals surface area contributed by atoms with E-state index >= 15 is 0 Å². The molecule has 0 aliphatic rings. The fourth-order valence-corrected chi connectivity index (χ4v) is 1.06.